The SMILES string of the molecule is CC1CCCN(S(=O)(=O)c2cccc(Br)c2)C1N=C=O. The van der Waals surface area contributed by atoms with Gasteiger partial charge >= 0.3 is 0 Å². The van der Waals surface area contributed by atoms with Gasteiger partial charge in [-0.15, -0.1) is 0 Å². The summed E-state index contributed by atoms with van der Waals surface area (Å²) in [4.78, 5) is 14.5. The molecule has 0 spiro atoms. The molecule has 0 radical (unpaired) electrons. The van der Waals surface area contributed by atoms with Gasteiger partial charge in [-0.1, -0.05) is 28.9 Å². The van der Waals surface area contributed by atoms with E-state index in [1.807, 2.05) is 6.92 Å². The third kappa shape index (κ3) is 3.01. The summed E-state index contributed by atoms with van der Waals surface area (Å²) in [6, 6.07) is 6.53. The lowest BCUT2D eigenvalue weighted by molar-refractivity contribution is 0.194. The quantitative estimate of drug-likeness (QED) is 0.615. The Morgan fingerprint density at radius 3 is 2.85 bits per heavy atom. The van der Waals surface area contributed by atoms with Crippen LogP contribution in [0.1, 0.15) is 19.8 Å². The van der Waals surface area contributed by atoms with Gasteiger partial charge in [0.1, 0.15) is 6.17 Å². The predicted molar refractivity (Wildman–Crippen MR) is 78.3 cm³/mol. The van der Waals surface area contributed by atoms with Crippen molar-refractivity contribution in [2.45, 2.75) is 30.8 Å². The first-order valence-corrected chi connectivity index (χ1v) is 8.54. The van der Waals surface area contributed by atoms with Gasteiger partial charge in [0.15, 0.2) is 0 Å². The minimum absolute atomic E-state index is 0.00660. The molecule has 0 aliphatic carbocycles. The number of hydrogen-bond acceptors (Lipinski definition) is 4. The maximum atomic E-state index is 12.7. The first kappa shape index (κ1) is 15.4. The number of sulfonamides is 1. The number of benzene rings is 1. The number of hydrogen-bond donors (Lipinski definition) is 0. The Kier molecular flexibility index (Phi) is 4.75. The molecular formula is C13H15BrN2O3S. The largest absolute Gasteiger partial charge is 0.244 e. The van der Waals surface area contributed by atoms with Crippen molar-refractivity contribution in [3.63, 3.8) is 0 Å². The van der Waals surface area contributed by atoms with Gasteiger partial charge in [0.25, 0.3) is 0 Å². The molecule has 2 unspecified atom stereocenters. The van der Waals surface area contributed by atoms with E-state index in [0.717, 1.165) is 12.8 Å². The van der Waals surface area contributed by atoms with Gasteiger partial charge < -0.3 is 0 Å². The number of piperidine rings is 1. The first-order chi connectivity index (χ1) is 9.46. The third-order valence-corrected chi connectivity index (χ3v) is 5.79. The molecule has 0 N–H and O–H groups in total. The van der Waals surface area contributed by atoms with Gasteiger partial charge in [-0.05, 0) is 37.0 Å². The topological polar surface area (TPSA) is 66.8 Å². The van der Waals surface area contributed by atoms with E-state index in [1.54, 1.807) is 24.3 Å². The van der Waals surface area contributed by atoms with Gasteiger partial charge in [-0.2, -0.15) is 9.30 Å². The zero-order valence-corrected chi connectivity index (χ0v) is 13.4. The van der Waals surface area contributed by atoms with Crippen LogP contribution < -0.4 is 0 Å². The summed E-state index contributed by atoms with van der Waals surface area (Å²) >= 11 is 3.27. The van der Waals surface area contributed by atoms with Crippen LogP contribution in [-0.4, -0.2) is 31.5 Å². The molecule has 20 heavy (non-hydrogen) atoms. The number of carbonyl (C=O) groups excluding carboxylic acids is 1. The van der Waals surface area contributed by atoms with Crippen LogP contribution in [0, 0.1) is 5.92 Å². The smallest absolute Gasteiger partial charge is 0.211 e. The average Bonchev–Trinajstić information content (AvgIpc) is 2.41. The van der Waals surface area contributed by atoms with Crippen molar-refractivity contribution >= 4 is 32.0 Å². The molecule has 2 rings (SSSR count). The molecule has 0 amide bonds. The molecule has 108 valence electrons. The van der Waals surface area contributed by atoms with Crippen molar-refractivity contribution in [2.75, 3.05) is 6.54 Å². The van der Waals surface area contributed by atoms with Crippen LogP contribution in [0.2, 0.25) is 0 Å². The van der Waals surface area contributed by atoms with Crippen LogP contribution in [0.15, 0.2) is 38.6 Å². The fourth-order valence-corrected chi connectivity index (χ4v) is 4.66. The standard InChI is InChI=1S/C13H15BrN2O3S/c1-10-4-3-7-16(13(10)15-9-17)20(18,19)12-6-2-5-11(14)8-12/h2,5-6,8,10,13H,3-4,7H2,1H3. The van der Waals surface area contributed by atoms with Crippen LogP contribution in [0.3, 0.4) is 0 Å². The van der Waals surface area contributed by atoms with E-state index >= 15 is 0 Å². The Balaban J connectivity index is 2.43. The van der Waals surface area contributed by atoms with Crippen LogP contribution in [0.5, 0.6) is 0 Å². The Bertz CT molecular complexity index is 641. The normalized spacial score (nSPS) is 24.1. The van der Waals surface area contributed by atoms with Gasteiger partial charge in [0.05, 0.1) is 4.90 Å². The molecule has 1 aromatic carbocycles. The average molecular weight is 359 g/mol. The fraction of sp³-hybridized carbons (Fsp3) is 0.462. The second-order valence-electron chi connectivity index (χ2n) is 4.83. The Labute approximate surface area is 126 Å². The molecular weight excluding hydrogens is 344 g/mol. The van der Waals surface area contributed by atoms with Crippen LogP contribution >= 0.6 is 15.9 Å². The summed E-state index contributed by atoms with van der Waals surface area (Å²) < 4.78 is 27.4. The highest BCUT2D eigenvalue weighted by atomic mass is 79.9. The Hall–Kier alpha value is -1.01. The lowest BCUT2D eigenvalue weighted by atomic mass is 9.98. The second-order valence-corrected chi connectivity index (χ2v) is 7.63. The minimum atomic E-state index is -3.66. The van der Waals surface area contributed by atoms with Crippen LogP contribution in [0.25, 0.3) is 0 Å². The van der Waals surface area contributed by atoms with Crippen molar-refractivity contribution in [1.29, 1.82) is 0 Å². The van der Waals surface area contributed by atoms with Gasteiger partial charge in [-0.25, -0.2) is 13.2 Å². The van der Waals surface area contributed by atoms with Gasteiger partial charge in [0, 0.05) is 11.0 Å². The zero-order valence-electron chi connectivity index (χ0n) is 11.0. The molecule has 7 heteroatoms. The molecule has 0 saturated carbocycles. The predicted octanol–water partition coefficient (Wildman–Crippen LogP) is 2.53. The van der Waals surface area contributed by atoms with Crippen LogP contribution in [0.4, 0.5) is 0 Å². The highest BCUT2D eigenvalue weighted by Crippen LogP contribution is 2.30. The Morgan fingerprint density at radius 2 is 2.20 bits per heavy atom. The Morgan fingerprint density at radius 1 is 1.45 bits per heavy atom. The van der Waals surface area contributed by atoms with E-state index in [0.29, 0.717) is 11.0 Å². The minimum Gasteiger partial charge on any atom is -0.211 e. The number of nitrogens with zero attached hydrogens (tertiary/aromatic N) is 2. The van der Waals surface area contributed by atoms with E-state index in [9.17, 15) is 13.2 Å². The lowest BCUT2D eigenvalue weighted by Crippen LogP contribution is -2.46. The summed E-state index contributed by atoms with van der Waals surface area (Å²) in [6.07, 6.45) is 2.44. The number of halogens is 1. The van der Waals surface area contributed by atoms with Crippen molar-refractivity contribution < 1.29 is 13.2 Å². The number of aliphatic imine (C=N–C) groups is 1. The maximum Gasteiger partial charge on any atom is 0.244 e. The molecule has 1 aromatic rings. The van der Waals surface area contributed by atoms with Gasteiger partial charge in [0.2, 0.25) is 16.1 Å². The summed E-state index contributed by atoms with van der Waals surface area (Å²) in [5.74, 6) is 0.00660. The van der Waals surface area contributed by atoms with Crippen molar-refractivity contribution in [2.24, 2.45) is 10.9 Å². The van der Waals surface area contributed by atoms with Crippen molar-refractivity contribution in [3.8, 4) is 0 Å². The monoisotopic (exact) mass is 358 g/mol. The van der Waals surface area contributed by atoms with Crippen LogP contribution in [-0.2, 0) is 14.8 Å². The highest BCUT2D eigenvalue weighted by Gasteiger charge is 2.37. The highest BCUT2D eigenvalue weighted by molar-refractivity contribution is 9.10. The van der Waals surface area contributed by atoms with E-state index in [4.69, 9.17) is 0 Å². The maximum absolute atomic E-state index is 12.7. The van der Waals surface area contributed by atoms with Crippen molar-refractivity contribution in [3.05, 3.63) is 28.7 Å². The van der Waals surface area contributed by atoms with E-state index in [-0.39, 0.29) is 10.8 Å². The lowest BCUT2D eigenvalue weighted by Gasteiger charge is -2.35. The molecule has 1 fully saturated rings. The molecule has 1 aliphatic rings. The third-order valence-electron chi connectivity index (χ3n) is 3.43. The summed E-state index contributed by atoms with van der Waals surface area (Å²) in [5, 5.41) is 0. The second kappa shape index (κ2) is 6.18. The molecule has 1 heterocycles. The molecule has 0 aromatic heterocycles. The molecule has 5 nitrogen and oxygen atoms in total. The molecule has 1 aliphatic heterocycles. The van der Waals surface area contributed by atoms with Crippen molar-refractivity contribution in [1.82, 2.24) is 4.31 Å². The number of isocyanates is 1. The zero-order chi connectivity index (χ0) is 14.8. The summed E-state index contributed by atoms with van der Waals surface area (Å²) in [6.45, 7) is 2.27. The molecule has 2 atom stereocenters. The van der Waals surface area contributed by atoms with E-state index in [2.05, 4.69) is 20.9 Å². The molecule has 1 saturated heterocycles. The van der Waals surface area contributed by atoms with E-state index in [1.165, 1.54) is 10.4 Å². The van der Waals surface area contributed by atoms with Gasteiger partial charge in [-0.3, -0.25) is 0 Å². The first-order valence-electron chi connectivity index (χ1n) is 6.31. The summed E-state index contributed by atoms with van der Waals surface area (Å²) in [5.41, 5.74) is 0. The fourth-order valence-electron chi connectivity index (χ4n) is 2.41. The summed E-state index contributed by atoms with van der Waals surface area (Å²) in [7, 11) is -3.66. The van der Waals surface area contributed by atoms with E-state index < -0.39 is 16.2 Å². The number of rotatable bonds is 3. The molecule has 0 bridgehead atoms.